The van der Waals surface area contributed by atoms with Gasteiger partial charge >= 0.3 is 5.97 Å². The Morgan fingerprint density at radius 2 is 1.59 bits per heavy atom. The zero-order chi connectivity index (χ0) is 19.2. The van der Waals surface area contributed by atoms with Crippen LogP contribution in [-0.4, -0.2) is 12.1 Å². The van der Waals surface area contributed by atoms with E-state index in [0.717, 1.165) is 16.7 Å². The van der Waals surface area contributed by atoms with Crippen LogP contribution in [0.4, 0.5) is 0 Å². The summed E-state index contributed by atoms with van der Waals surface area (Å²) in [4.78, 5) is 12.2. The zero-order valence-corrected chi connectivity index (χ0v) is 16.2. The molecule has 0 amide bonds. The number of benzene rings is 3. The summed E-state index contributed by atoms with van der Waals surface area (Å²) >= 11 is 11.9. The zero-order valence-electron chi connectivity index (χ0n) is 14.7. The molecule has 5 heteroatoms. The number of halogens is 2. The Hall–Kier alpha value is -2.49. The Morgan fingerprint density at radius 1 is 0.926 bits per heavy atom. The highest BCUT2D eigenvalue weighted by Crippen LogP contribution is 2.28. The van der Waals surface area contributed by atoms with Crippen LogP contribution in [0.3, 0.4) is 0 Å². The lowest BCUT2D eigenvalue weighted by Crippen LogP contribution is -2.26. The lowest BCUT2D eigenvalue weighted by molar-refractivity contribution is -0.152. The molecule has 0 fully saturated rings. The van der Waals surface area contributed by atoms with Gasteiger partial charge in [-0.05, 0) is 41.8 Å². The molecule has 27 heavy (non-hydrogen) atoms. The van der Waals surface area contributed by atoms with Gasteiger partial charge in [-0.3, -0.25) is 0 Å². The molecule has 0 aromatic heterocycles. The van der Waals surface area contributed by atoms with E-state index in [1.165, 1.54) is 0 Å². The first kappa shape index (κ1) is 19.3. The molecule has 0 saturated heterocycles. The summed E-state index contributed by atoms with van der Waals surface area (Å²) in [7, 11) is 0. The van der Waals surface area contributed by atoms with Gasteiger partial charge in [0.05, 0.1) is 5.02 Å². The van der Waals surface area contributed by atoms with Gasteiger partial charge in [-0.25, -0.2) is 4.79 Å². The van der Waals surface area contributed by atoms with E-state index in [0.29, 0.717) is 15.8 Å². The summed E-state index contributed by atoms with van der Waals surface area (Å²) in [6, 6.07) is 22.8. The van der Waals surface area contributed by atoms with Gasteiger partial charge in [-0.2, -0.15) is 0 Å². The molecule has 0 bridgehead atoms. The van der Waals surface area contributed by atoms with Crippen molar-refractivity contribution in [3.63, 3.8) is 0 Å². The first-order chi connectivity index (χ1) is 13.0. The molecule has 0 aliphatic heterocycles. The Bertz CT molecular complexity index is 909. The van der Waals surface area contributed by atoms with Crippen molar-refractivity contribution >= 4 is 29.2 Å². The fraction of sp³-hybridized carbons (Fsp3) is 0.136. The minimum absolute atomic E-state index is 0.177. The smallest absolute Gasteiger partial charge is 0.347 e. The van der Waals surface area contributed by atoms with Crippen molar-refractivity contribution in [3.05, 3.63) is 88.4 Å². The molecule has 0 saturated carbocycles. The van der Waals surface area contributed by atoms with Gasteiger partial charge in [0.2, 0.25) is 0 Å². The van der Waals surface area contributed by atoms with Crippen LogP contribution in [0.2, 0.25) is 10.0 Å². The van der Waals surface area contributed by atoms with E-state index in [1.807, 2.05) is 42.5 Å². The number of carbonyl (C=O) groups is 1. The van der Waals surface area contributed by atoms with Crippen molar-refractivity contribution in [1.82, 2.24) is 0 Å². The normalized spacial score (nSPS) is 11.7. The lowest BCUT2D eigenvalue weighted by Gasteiger charge is -2.15. The van der Waals surface area contributed by atoms with Crippen molar-refractivity contribution in [1.29, 1.82) is 0 Å². The fourth-order valence-electron chi connectivity index (χ4n) is 2.51. The van der Waals surface area contributed by atoms with Crippen LogP contribution in [-0.2, 0) is 16.1 Å². The maximum absolute atomic E-state index is 12.2. The predicted molar refractivity (Wildman–Crippen MR) is 108 cm³/mol. The number of ether oxygens (including phenoxy) is 2. The summed E-state index contributed by atoms with van der Waals surface area (Å²) in [6.07, 6.45) is -0.785. The molecular weight excluding hydrogens is 383 g/mol. The number of esters is 1. The Kier molecular flexibility index (Phi) is 6.38. The molecule has 3 rings (SSSR count). The molecule has 0 N–H and O–H groups in total. The summed E-state index contributed by atoms with van der Waals surface area (Å²) in [5.74, 6) is -0.0779. The molecule has 0 heterocycles. The van der Waals surface area contributed by atoms with E-state index < -0.39 is 12.1 Å². The van der Waals surface area contributed by atoms with Gasteiger partial charge in [-0.15, -0.1) is 0 Å². The Balaban J connectivity index is 1.55. The molecule has 0 aliphatic carbocycles. The van der Waals surface area contributed by atoms with Crippen LogP contribution >= 0.6 is 23.2 Å². The minimum atomic E-state index is -0.785. The van der Waals surface area contributed by atoms with Crippen molar-refractivity contribution in [3.8, 4) is 16.9 Å². The molecule has 3 aromatic rings. The quantitative estimate of drug-likeness (QED) is 0.464. The highest BCUT2D eigenvalue weighted by atomic mass is 35.5. The maximum Gasteiger partial charge on any atom is 0.347 e. The fourth-order valence-corrected chi connectivity index (χ4v) is 2.96. The van der Waals surface area contributed by atoms with E-state index in [2.05, 4.69) is 12.1 Å². The summed E-state index contributed by atoms with van der Waals surface area (Å²) < 4.78 is 10.9. The lowest BCUT2D eigenvalue weighted by atomic mass is 10.0. The first-order valence-electron chi connectivity index (χ1n) is 8.45. The number of rotatable bonds is 6. The van der Waals surface area contributed by atoms with Gasteiger partial charge in [0.25, 0.3) is 0 Å². The second-order valence-corrected chi connectivity index (χ2v) is 6.85. The highest BCUT2D eigenvalue weighted by Gasteiger charge is 2.18. The third-order valence-electron chi connectivity index (χ3n) is 3.97. The third kappa shape index (κ3) is 5.25. The van der Waals surface area contributed by atoms with Gasteiger partial charge in [0.15, 0.2) is 6.10 Å². The van der Waals surface area contributed by atoms with Gasteiger partial charge in [0.1, 0.15) is 12.4 Å². The van der Waals surface area contributed by atoms with Crippen LogP contribution < -0.4 is 4.74 Å². The van der Waals surface area contributed by atoms with Crippen LogP contribution in [0, 0.1) is 0 Å². The minimum Gasteiger partial charge on any atom is -0.477 e. The van der Waals surface area contributed by atoms with Crippen molar-refractivity contribution in [2.75, 3.05) is 0 Å². The number of hydrogen-bond donors (Lipinski definition) is 0. The number of hydrogen-bond acceptors (Lipinski definition) is 3. The average Bonchev–Trinajstić information content (AvgIpc) is 2.69. The number of carbonyl (C=O) groups excluding carboxylic acids is 1. The largest absolute Gasteiger partial charge is 0.477 e. The molecular formula is C22H18Cl2O3. The van der Waals surface area contributed by atoms with E-state index >= 15 is 0 Å². The van der Waals surface area contributed by atoms with Crippen LogP contribution in [0.5, 0.6) is 5.75 Å². The van der Waals surface area contributed by atoms with E-state index in [-0.39, 0.29) is 6.61 Å². The van der Waals surface area contributed by atoms with Crippen molar-refractivity contribution < 1.29 is 14.3 Å². The Morgan fingerprint density at radius 3 is 2.26 bits per heavy atom. The molecule has 0 radical (unpaired) electrons. The molecule has 138 valence electrons. The second kappa shape index (κ2) is 8.94. The molecule has 0 aliphatic rings. The summed E-state index contributed by atoms with van der Waals surface area (Å²) in [6.45, 7) is 1.79. The summed E-state index contributed by atoms with van der Waals surface area (Å²) in [5.41, 5.74) is 3.16. The van der Waals surface area contributed by atoms with Crippen molar-refractivity contribution in [2.24, 2.45) is 0 Å². The molecule has 0 unspecified atom stereocenters. The summed E-state index contributed by atoms with van der Waals surface area (Å²) in [5, 5.41) is 0.847. The van der Waals surface area contributed by atoms with Crippen LogP contribution in [0.15, 0.2) is 72.8 Å². The molecule has 1 atom stereocenters. The molecule has 3 aromatic carbocycles. The average molecular weight is 401 g/mol. The SMILES string of the molecule is C[C@H](Oc1ccc(Cl)cc1Cl)C(=O)OCc1ccc(-c2ccccc2)cc1. The van der Waals surface area contributed by atoms with Crippen LogP contribution in [0.25, 0.3) is 11.1 Å². The first-order valence-corrected chi connectivity index (χ1v) is 9.21. The van der Waals surface area contributed by atoms with E-state index in [9.17, 15) is 4.79 Å². The standard InChI is InChI=1S/C22H18Cl2O3/c1-15(27-21-12-11-19(23)13-20(21)24)22(25)26-14-16-7-9-18(10-8-16)17-5-3-2-4-6-17/h2-13,15H,14H2,1H3/t15-/m0/s1. The monoisotopic (exact) mass is 400 g/mol. The van der Waals surface area contributed by atoms with Gasteiger partial charge in [0, 0.05) is 5.02 Å². The van der Waals surface area contributed by atoms with E-state index in [4.69, 9.17) is 32.7 Å². The molecule has 3 nitrogen and oxygen atoms in total. The maximum atomic E-state index is 12.2. The van der Waals surface area contributed by atoms with E-state index in [1.54, 1.807) is 25.1 Å². The highest BCUT2D eigenvalue weighted by molar-refractivity contribution is 6.35. The predicted octanol–water partition coefficient (Wildman–Crippen LogP) is 6.17. The van der Waals surface area contributed by atoms with Gasteiger partial charge in [-0.1, -0.05) is 77.8 Å². The van der Waals surface area contributed by atoms with Crippen LogP contribution in [0.1, 0.15) is 12.5 Å². The van der Waals surface area contributed by atoms with Gasteiger partial charge < -0.3 is 9.47 Å². The molecule has 0 spiro atoms. The Labute approximate surface area is 168 Å². The topological polar surface area (TPSA) is 35.5 Å². The second-order valence-electron chi connectivity index (χ2n) is 6.01. The third-order valence-corrected chi connectivity index (χ3v) is 4.50. The van der Waals surface area contributed by atoms with Crippen molar-refractivity contribution in [2.45, 2.75) is 19.6 Å².